The van der Waals surface area contributed by atoms with Gasteiger partial charge in [-0.25, -0.2) is 0 Å². The molecule has 0 saturated heterocycles. The first kappa shape index (κ1) is 21.3. The van der Waals surface area contributed by atoms with E-state index in [-0.39, 0.29) is 17.3 Å². The van der Waals surface area contributed by atoms with Crippen molar-refractivity contribution in [2.75, 3.05) is 0 Å². The second-order valence-electron chi connectivity index (χ2n) is 7.25. The number of hydrogen-bond acceptors (Lipinski definition) is 4. The fourth-order valence-corrected chi connectivity index (χ4v) is 3.67. The number of nitrogens with two attached hydrogens (primary N) is 1. The topological polar surface area (TPSA) is 90.9 Å². The van der Waals surface area contributed by atoms with Crippen LogP contribution in [0.3, 0.4) is 0 Å². The highest BCUT2D eigenvalue weighted by Crippen LogP contribution is 2.31. The van der Waals surface area contributed by atoms with E-state index in [0.29, 0.717) is 42.7 Å². The molecule has 1 amide bonds. The molecule has 30 heavy (non-hydrogen) atoms. The lowest BCUT2D eigenvalue weighted by molar-refractivity contribution is -0.122. The highest BCUT2D eigenvalue weighted by molar-refractivity contribution is 6.44. The molecule has 1 aromatic carbocycles. The minimum Gasteiger partial charge on any atom is -0.487 e. The Bertz CT molecular complexity index is 1070. The lowest BCUT2D eigenvalue weighted by Crippen LogP contribution is -2.25. The summed E-state index contributed by atoms with van der Waals surface area (Å²) in [5.41, 5.74) is 7.66. The van der Waals surface area contributed by atoms with E-state index >= 15 is 0 Å². The van der Waals surface area contributed by atoms with Crippen molar-refractivity contribution < 1.29 is 19.1 Å². The van der Waals surface area contributed by atoms with Gasteiger partial charge in [0.05, 0.1) is 11.1 Å². The Hall–Kier alpha value is -3.41. The van der Waals surface area contributed by atoms with Gasteiger partial charge in [0.2, 0.25) is 0 Å². The molecule has 0 bridgehead atoms. The number of primary amides is 1. The second-order valence-corrected chi connectivity index (χ2v) is 7.25. The summed E-state index contributed by atoms with van der Waals surface area (Å²) in [6.07, 6.45) is 5.02. The number of amides is 1. The van der Waals surface area contributed by atoms with Gasteiger partial charge in [0.1, 0.15) is 18.1 Å². The van der Waals surface area contributed by atoms with Crippen molar-refractivity contribution in [3.63, 3.8) is 0 Å². The van der Waals surface area contributed by atoms with E-state index in [2.05, 4.69) is 0 Å². The second kappa shape index (κ2) is 9.39. The van der Waals surface area contributed by atoms with Crippen LogP contribution in [0.15, 0.2) is 54.9 Å². The maximum atomic E-state index is 12.7. The van der Waals surface area contributed by atoms with Gasteiger partial charge in [0, 0.05) is 24.7 Å². The molecule has 1 unspecified atom stereocenters. The molecule has 0 spiro atoms. The molecule has 2 aromatic heterocycles. The first-order chi connectivity index (χ1) is 14.5. The number of ketones is 2. The number of aromatic nitrogens is 1. The van der Waals surface area contributed by atoms with Crippen LogP contribution in [0.5, 0.6) is 5.75 Å². The van der Waals surface area contributed by atoms with E-state index in [1.807, 2.05) is 50.2 Å². The number of carbonyl (C=O) groups is 3. The van der Waals surface area contributed by atoms with E-state index in [4.69, 9.17) is 10.5 Å². The fraction of sp³-hybridized carbons (Fsp3) is 0.292. The molecule has 6 heteroatoms. The quantitative estimate of drug-likeness (QED) is 0.410. The van der Waals surface area contributed by atoms with E-state index in [0.717, 1.165) is 5.56 Å². The molecule has 1 atom stereocenters. The molecule has 0 saturated carbocycles. The maximum absolute atomic E-state index is 12.7. The number of carbonyl (C=O) groups excluding carboxylic acids is 3. The molecule has 2 N–H and O–H groups in total. The normalized spacial score (nSPS) is 11.9. The standard InChI is InChI=1S/C24H26N2O4/c1-3-17(19(27)4-2)13-18-14-26-12-8-11-20(22(26)21(18)23(28)24(25)29)30-15-16-9-6-5-7-10-16/h5-12,14,17H,3-4,13,15H2,1-2H3,(H2,25,29). The van der Waals surface area contributed by atoms with Crippen LogP contribution in [0.2, 0.25) is 0 Å². The Balaban J connectivity index is 2.06. The summed E-state index contributed by atoms with van der Waals surface area (Å²) in [4.78, 5) is 36.8. The van der Waals surface area contributed by atoms with Gasteiger partial charge in [0.25, 0.3) is 11.7 Å². The number of Topliss-reactive ketones (excluding diaryl/α,β-unsaturated/α-hetero) is 2. The molecule has 0 aliphatic rings. The van der Waals surface area contributed by atoms with Gasteiger partial charge < -0.3 is 14.9 Å². The van der Waals surface area contributed by atoms with Crippen molar-refractivity contribution in [2.24, 2.45) is 11.7 Å². The van der Waals surface area contributed by atoms with Crippen molar-refractivity contribution in [3.05, 3.63) is 71.5 Å². The number of nitrogens with zero attached hydrogens (tertiary/aromatic N) is 1. The molecule has 0 fully saturated rings. The Morgan fingerprint density at radius 2 is 1.80 bits per heavy atom. The number of benzene rings is 1. The summed E-state index contributed by atoms with van der Waals surface area (Å²) in [6, 6.07) is 13.2. The van der Waals surface area contributed by atoms with Crippen molar-refractivity contribution in [3.8, 4) is 5.75 Å². The monoisotopic (exact) mass is 406 g/mol. The van der Waals surface area contributed by atoms with E-state index in [1.165, 1.54) is 0 Å². The number of ether oxygens (including phenoxy) is 1. The molecule has 3 aromatic rings. The van der Waals surface area contributed by atoms with Crippen LogP contribution in [0.1, 0.15) is 48.2 Å². The predicted molar refractivity (Wildman–Crippen MR) is 114 cm³/mol. The highest BCUT2D eigenvalue weighted by atomic mass is 16.5. The Morgan fingerprint density at radius 1 is 1.07 bits per heavy atom. The van der Waals surface area contributed by atoms with E-state index < -0.39 is 11.7 Å². The highest BCUT2D eigenvalue weighted by Gasteiger charge is 2.27. The largest absolute Gasteiger partial charge is 0.487 e. The van der Waals surface area contributed by atoms with Gasteiger partial charge in [-0.2, -0.15) is 0 Å². The molecular formula is C24H26N2O4. The third-order valence-corrected chi connectivity index (χ3v) is 5.29. The minimum atomic E-state index is -1.03. The number of rotatable bonds is 10. The molecule has 3 rings (SSSR count). The van der Waals surface area contributed by atoms with Crippen LogP contribution >= 0.6 is 0 Å². The molecule has 0 aliphatic heterocycles. The van der Waals surface area contributed by atoms with Crippen LogP contribution in [-0.4, -0.2) is 21.9 Å². The van der Waals surface area contributed by atoms with E-state index in [1.54, 1.807) is 22.9 Å². The third kappa shape index (κ3) is 4.43. The van der Waals surface area contributed by atoms with Gasteiger partial charge in [-0.05, 0) is 36.1 Å². The average Bonchev–Trinajstić information content (AvgIpc) is 3.14. The smallest absolute Gasteiger partial charge is 0.289 e. The maximum Gasteiger partial charge on any atom is 0.289 e. The van der Waals surface area contributed by atoms with Gasteiger partial charge in [0.15, 0.2) is 0 Å². The predicted octanol–water partition coefficient (Wildman–Crippen LogP) is 3.73. The zero-order valence-electron chi connectivity index (χ0n) is 17.3. The van der Waals surface area contributed by atoms with Gasteiger partial charge in [-0.1, -0.05) is 44.2 Å². The molecule has 156 valence electrons. The minimum absolute atomic E-state index is 0.130. The van der Waals surface area contributed by atoms with Crippen molar-refractivity contribution in [1.82, 2.24) is 4.40 Å². The Morgan fingerprint density at radius 3 is 2.43 bits per heavy atom. The summed E-state index contributed by atoms with van der Waals surface area (Å²) in [7, 11) is 0. The lowest BCUT2D eigenvalue weighted by atomic mass is 9.90. The van der Waals surface area contributed by atoms with Crippen LogP contribution in [0.25, 0.3) is 5.52 Å². The van der Waals surface area contributed by atoms with Crippen LogP contribution in [-0.2, 0) is 22.6 Å². The Labute approximate surface area is 175 Å². The third-order valence-electron chi connectivity index (χ3n) is 5.29. The van der Waals surface area contributed by atoms with Crippen LogP contribution in [0, 0.1) is 5.92 Å². The van der Waals surface area contributed by atoms with Crippen LogP contribution in [0.4, 0.5) is 0 Å². The summed E-state index contributed by atoms with van der Waals surface area (Å²) >= 11 is 0. The van der Waals surface area contributed by atoms with Crippen molar-refractivity contribution in [1.29, 1.82) is 0 Å². The molecule has 0 radical (unpaired) electrons. The first-order valence-electron chi connectivity index (χ1n) is 10.1. The summed E-state index contributed by atoms with van der Waals surface area (Å²) in [6.45, 7) is 4.08. The fourth-order valence-electron chi connectivity index (χ4n) is 3.67. The first-order valence-corrected chi connectivity index (χ1v) is 10.1. The summed E-state index contributed by atoms with van der Waals surface area (Å²) in [5, 5.41) is 0. The number of pyridine rings is 1. The van der Waals surface area contributed by atoms with Crippen molar-refractivity contribution >= 4 is 23.0 Å². The van der Waals surface area contributed by atoms with Gasteiger partial charge >= 0.3 is 0 Å². The lowest BCUT2D eigenvalue weighted by Gasteiger charge is -2.13. The average molecular weight is 406 g/mol. The zero-order valence-corrected chi connectivity index (χ0v) is 17.3. The van der Waals surface area contributed by atoms with Gasteiger partial charge in [-0.3, -0.25) is 14.4 Å². The number of fused-ring (bicyclic) bond motifs is 1. The Kier molecular flexibility index (Phi) is 6.67. The molecule has 2 heterocycles. The van der Waals surface area contributed by atoms with Crippen LogP contribution < -0.4 is 10.5 Å². The SMILES string of the molecule is CCC(=O)C(CC)Cc1cn2cccc(OCc3ccccc3)c2c1C(=O)C(N)=O. The van der Waals surface area contributed by atoms with E-state index in [9.17, 15) is 14.4 Å². The van der Waals surface area contributed by atoms with Gasteiger partial charge in [-0.15, -0.1) is 0 Å². The summed E-state index contributed by atoms with van der Waals surface area (Å²) in [5.74, 6) is -1.42. The summed E-state index contributed by atoms with van der Waals surface area (Å²) < 4.78 is 7.76. The molecule has 0 aliphatic carbocycles. The zero-order chi connectivity index (χ0) is 21.7. The molecular weight excluding hydrogens is 380 g/mol. The van der Waals surface area contributed by atoms with Crippen molar-refractivity contribution in [2.45, 2.75) is 39.7 Å². The molecule has 6 nitrogen and oxygen atoms in total. The number of hydrogen-bond donors (Lipinski definition) is 1.